The molecular weight excluding hydrogens is 156 g/mol. The van der Waals surface area contributed by atoms with E-state index in [1.165, 1.54) is 6.08 Å². The Morgan fingerprint density at radius 1 is 1.33 bits per heavy atom. The van der Waals surface area contributed by atoms with Crippen molar-refractivity contribution in [2.45, 2.75) is 18.9 Å². The molecule has 3 heteroatoms. The summed E-state index contributed by atoms with van der Waals surface area (Å²) in [5.74, 6) is -0.402. The van der Waals surface area contributed by atoms with E-state index >= 15 is 0 Å². The number of allylic oxidation sites excluding steroid dienone is 2. The third-order valence-electron chi connectivity index (χ3n) is 2.03. The maximum absolute atomic E-state index is 11.2. The van der Waals surface area contributed by atoms with Crippen molar-refractivity contribution >= 4 is 11.8 Å². The topological polar surface area (TPSA) is 43.4 Å². The number of carbonyl (C=O) groups excluding carboxylic acids is 2. The first-order valence-corrected chi connectivity index (χ1v) is 3.88. The number of rotatable bonds is 0. The molecule has 0 amide bonds. The molecule has 2 rings (SSSR count). The lowest BCUT2D eigenvalue weighted by molar-refractivity contribution is -0.154. The van der Waals surface area contributed by atoms with Crippen LogP contribution in [0, 0.1) is 0 Å². The van der Waals surface area contributed by atoms with E-state index in [0.29, 0.717) is 12.8 Å². The molecule has 0 aromatic rings. The molecule has 0 spiro atoms. The minimum atomic E-state index is -0.615. The molecule has 1 heterocycles. The SMILES string of the molecule is O=C1CCC2=CC=CC(=O)C2O1. The van der Waals surface area contributed by atoms with E-state index in [1.54, 1.807) is 6.08 Å². The average Bonchev–Trinajstić information content (AvgIpc) is 2.07. The van der Waals surface area contributed by atoms with Crippen molar-refractivity contribution in [2.24, 2.45) is 0 Å². The molecular formula is C9H8O3. The second kappa shape index (κ2) is 2.59. The molecule has 1 saturated heterocycles. The first kappa shape index (κ1) is 7.28. The van der Waals surface area contributed by atoms with E-state index in [1.807, 2.05) is 6.08 Å². The zero-order chi connectivity index (χ0) is 8.55. The van der Waals surface area contributed by atoms with E-state index in [4.69, 9.17) is 4.74 Å². The van der Waals surface area contributed by atoms with Crippen molar-refractivity contribution in [3.63, 3.8) is 0 Å². The third-order valence-corrected chi connectivity index (χ3v) is 2.03. The molecule has 1 fully saturated rings. The zero-order valence-electron chi connectivity index (χ0n) is 6.45. The van der Waals surface area contributed by atoms with Crippen LogP contribution in [0.25, 0.3) is 0 Å². The molecule has 0 bridgehead atoms. The van der Waals surface area contributed by atoms with Gasteiger partial charge >= 0.3 is 5.97 Å². The van der Waals surface area contributed by atoms with Gasteiger partial charge in [-0.05, 0) is 18.1 Å². The summed E-state index contributed by atoms with van der Waals surface area (Å²) in [6.07, 6.45) is 5.41. The van der Waals surface area contributed by atoms with Crippen molar-refractivity contribution in [3.8, 4) is 0 Å². The van der Waals surface area contributed by atoms with E-state index in [0.717, 1.165) is 5.57 Å². The highest BCUT2D eigenvalue weighted by Crippen LogP contribution is 2.24. The van der Waals surface area contributed by atoms with Crippen molar-refractivity contribution < 1.29 is 14.3 Å². The Bertz CT molecular complexity index is 299. The summed E-state index contributed by atoms with van der Waals surface area (Å²) < 4.78 is 4.89. The predicted octanol–water partition coefficient (Wildman–Crippen LogP) is 0.757. The van der Waals surface area contributed by atoms with Crippen molar-refractivity contribution in [1.82, 2.24) is 0 Å². The van der Waals surface area contributed by atoms with Gasteiger partial charge in [-0.25, -0.2) is 0 Å². The number of hydrogen-bond acceptors (Lipinski definition) is 3. The van der Waals surface area contributed by atoms with Gasteiger partial charge in [0.25, 0.3) is 0 Å². The fourth-order valence-electron chi connectivity index (χ4n) is 1.41. The maximum Gasteiger partial charge on any atom is 0.307 e. The van der Waals surface area contributed by atoms with Crippen molar-refractivity contribution in [3.05, 3.63) is 23.8 Å². The van der Waals surface area contributed by atoms with E-state index in [-0.39, 0.29) is 11.8 Å². The summed E-state index contributed by atoms with van der Waals surface area (Å²) >= 11 is 0. The van der Waals surface area contributed by atoms with Crippen LogP contribution >= 0.6 is 0 Å². The zero-order valence-corrected chi connectivity index (χ0v) is 6.45. The number of hydrogen-bond donors (Lipinski definition) is 0. The normalized spacial score (nSPS) is 27.7. The van der Waals surface area contributed by atoms with Gasteiger partial charge in [0, 0.05) is 6.42 Å². The molecule has 1 aliphatic carbocycles. The van der Waals surface area contributed by atoms with E-state index in [2.05, 4.69) is 0 Å². The summed E-state index contributed by atoms with van der Waals surface area (Å²) in [4.78, 5) is 22.0. The Morgan fingerprint density at radius 3 is 3.00 bits per heavy atom. The minimum absolute atomic E-state index is 0.124. The number of fused-ring (bicyclic) bond motifs is 1. The van der Waals surface area contributed by atoms with Crippen LogP contribution < -0.4 is 0 Å². The van der Waals surface area contributed by atoms with Gasteiger partial charge in [-0.2, -0.15) is 0 Å². The fraction of sp³-hybridized carbons (Fsp3) is 0.333. The summed E-state index contributed by atoms with van der Waals surface area (Å²) in [7, 11) is 0. The summed E-state index contributed by atoms with van der Waals surface area (Å²) in [6.45, 7) is 0. The number of esters is 1. The van der Waals surface area contributed by atoms with Crippen LogP contribution in [-0.2, 0) is 14.3 Å². The Kier molecular flexibility index (Phi) is 1.57. The summed E-state index contributed by atoms with van der Waals surface area (Å²) in [5, 5.41) is 0. The molecule has 3 nitrogen and oxygen atoms in total. The number of ketones is 1. The van der Waals surface area contributed by atoms with Gasteiger partial charge in [0.1, 0.15) is 0 Å². The van der Waals surface area contributed by atoms with Crippen molar-refractivity contribution in [1.29, 1.82) is 0 Å². The van der Waals surface area contributed by atoms with Crippen LogP contribution in [0.3, 0.4) is 0 Å². The van der Waals surface area contributed by atoms with Crippen LogP contribution in [0.2, 0.25) is 0 Å². The lowest BCUT2D eigenvalue weighted by Crippen LogP contribution is -2.33. The van der Waals surface area contributed by atoms with Crippen LogP contribution in [0.5, 0.6) is 0 Å². The largest absolute Gasteiger partial charge is 0.449 e. The molecule has 0 aromatic carbocycles. The Hall–Kier alpha value is -1.38. The first-order chi connectivity index (χ1) is 5.77. The summed E-state index contributed by atoms with van der Waals surface area (Å²) in [5.41, 5.74) is 0.919. The molecule has 0 aromatic heterocycles. The third kappa shape index (κ3) is 1.07. The average molecular weight is 164 g/mol. The second-order valence-electron chi connectivity index (χ2n) is 2.87. The van der Waals surface area contributed by atoms with Crippen LogP contribution in [0.15, 0.2) is 23.8 Å². The minimum Gasteiger partial charge on any atom is -0.449 e. The fourth-order valence-corrected chi connectivity index (χ4v) is 1.41. The highest BCUT2D eigenvalue weighted by atomic mass is 16.5. The van der Waals surface area contributed by atoms with E-state index in [9.17, 15) is 9.59 Å². The highest BCUT2D eigenvalue weighted by Gasteiger charge is 2.30. The van der Waals surface area contributed by atoms with Gasteiger partial charge in [-0.3, -0.25) is 9.59 Å². The molecule has 2 aliphatic rings. The Labute approximate surface area is 69.7 Å². The van der Waals surface area contributed by atoms with Crippen LogP contribution in [0.4, 0.5) is 0 Å². The predicted molar refractivity (Wildman–Crippen MR) is 41.3 cm³/mol. The van der Waals surface area contributed by atoms with Crippen LogP contribution in [-0.4, -0.2) is 17.9 Å². The quantitative estimate of drug-likeness (QED) is 0.496. The van der Waals surface area contributed by atoms with Gasteiger partial charge in [0.15, 0.2) is 6.10 Å². The second-order valence-corrected chi connectivity index (χ2v) is 2.87. The molecule has 12 heavy (non-hydrogen) atoms. The number of ether oxygens (including phenoxy) is 1. The van der Waals surface area contributed by atoms with E-state index < -0.39 is 6.10 Å². The van der Waals surface area contributed by atoms with Crippen molar-refractivity contribution in [2.75, 3.05) is 0 Å². The lowest BCUT2D eigenvalue weighted by Gasteiger charge is -2.24. The Balaban J connectivity index is 2.27. The molecule has 0 saturated carbocycles. The smallest absolute Gasteiger partial charge is 0.307 e. The monoisotopic (exact) mass is 164 g/mol. The molecule has 1 atom stereocenters. The summed E-state index contributed by atoms with van der Waals surface area (Å²) in [6, 6.07) is 0. The van der Waals surface area contributed by atoms with Gasteiger partial charge < -0.3 is 4.74 Å². The molecule has 1 unspecified atom stereocenters. The van der Waals surface area contributed by atoms with Gasteiger partial charge in [-0.1, -0.05) is 12.2 Å². The van der Waals surface area contributed by atoms with Gasteiger partial charge in [-0.15, -0.1) is 0 Å². The highest BCUT2D eigenvalue weighted by molar-refractivity contribution is 5.99. The molecule has 0 N–H and O–H groups in total. The van der Waals surface area contributed by atoms with Gasteiger partial charge in [0.2, 0.25) is 5.78 Å². The number of carbonyl (C=O) groups is 2. The molecule has 0 radical (unpaired) electrons. The molecule has 1 aliphatic heterocycles. The lowest BCUT2D eigenvalue weighted by atomic mass is 9.94. The van der Waals surface area contributed by atoms with Gasteiger partial charge in [0.05, 0.1) is 0 Å². The first-order valence-electron chi connectivity index (χ1n) is 3.88. The van der Waals surface area contributed by atoms with Crippen LogP contribution in [0.1, 0.15) is 12.8 Å². The maximum atomic E-state index is 11.2. The molecule has 62 valence electrons. The standard InChI is InChI=1S/C9H8O3/c10-7-3-1-2-6-4-5-8(11)12-9(6)7/h1-3,9H,4-5H2. The Morgan fingerprint density at radius 2 is 2.17 bits per heavy atom.